The van der Waals surface area contributed by atoms with Gasteiger partial charge in [-0.05, 0) is 30.2 Å². The van der Waals surface area contributed by atoms with Gasteiger partial charge in [0, 0.05) is 9.95 Å². The summed E-state index contributed by atoms with van der Waals surface area (Å²) in [6, 6.07) is 11.8. The van der Waals surface area contributed by atoms with Crippen LogP contribution in [0.5, 0.6) is 0 Å². The van der Waals surface area contributed by atoms with Crippen molar-refractivity contribution < 1.29 is 14.5 Å². The fourth-order valence-electron chi connectivity index (χ4n) is 3.54. The average molecular weight is 375 g/mol. The number of ether oxygens (including phenoxy) is 1. The van der Waals surface area contributed by atoms with Gasteiger partial charge in [-0.1, -0.05) is 53.6 Å². The van der Waals surface area contributed by atoms with Crippen molar-refractivity contribution in [1.82, 2.24) is 5.32 Å². The van der Waals surface area contributed by atoms with Crippen LogP contribution in [-0.2, 0) is 9.53 Å². The van der Waals surface area contributed by atoms with E-state index >= 15 is 0 Å². The highest BCUT2D eigenvalue weighted by atomic mass is 35.5. The fraction of sp³-hybridized carbons (Fsp3) is 0.316. The van der Waals surface area contributed by atoms with Gasteiger partial charge in [-0.25, -0.2) is 0 Å². The van der Waals surface area contributed by atoms with Crippen molar-refractivity contribution >= 4 is 17.6 Å². The molecule has 0 aromatic heterocycles. The van der Waals surface area contributed by atoms with Gasteiger partial charge >= 0.3 is 5.97 Å². The second kappa shape index (κ2) is 7.43. The maximum atomic E-state index is 12.3. The molecule has 0 radical (unpaired) electrons. The van der Waals surface area contributed by atoms with E-state index in [1.165, 1.54) is 7.11 Å². The summed E-state index contributed by atoms with van der Waals surface area (Å²) < 4.78 is 4.90. The van der Waals surface area contributed by atoms with E-state index in [1.54, 1.807) is 24.3 Å². The first-order valence-electron chi connectivity index (χ1n) is 8.21. The Hall–Kier alpha value is -2.44. The van der Waals surface area contributed by atoms with Crippen LogP contribution in [0.2, 0.25) is 5.02 Å². The summed E-state index contributed by atoms with van der Waals surface area (Å²) in [6.45, 7) is 1.94. The van der Waals surface area contributed by atoms with E-state index in [4.69, 9.17) is 16.3 Å². The van der Waals surface area contributed by atoms with Crippen molar-refractivity contribution in [2.75, 3.05) is 7.11 Å². The number of benzene rings is 2. The lowest BCUT2D eigenvalue weighted by atomic mass is 9.85. The number of aryl methyl sites for hydroxylation is 1. The molecule has 136 valence electrons. The predicted molar refractivity (Wildman–Crippen MR) is 97.8 cm³/mol. The van der Waals surface area contributed by atoms with Crippen LogP contribution < -0.4 is 5.32 Å². The number of carbonyl (C=O) groups excluding carboxylic acids is 1. The lowest BCUT2D eigenvalue weighted by Crippen LogP contribution is -2.37. The maximum absolute atomic E-state index is 12.3. The molecular weight excluding hydrogens is 356 g/mol. The Morgan fingerprint density at radius 1 is 1.12 bits per heavy atom. The summed E-state index contributed by atoms with van der Waals surface area (Å²) in [5, 5.41) is 15.6. The Kier molecular flexibility index (Phi) is 5.25. The van der Waals surface area contributed by atoms with Crippen molar-refractivity contribution in [2.24, 2.45) is 0 Å². The van der Waals surface area contributed by atoms with Gasteiger partial charge in [0.25, 0.3) is 0 Å². The zero-order valence-electron chi connectivity index (χ0n) is 14.4. The molecule has 3 rings (SSSR count). The molecule has 1 heterocycles. The van der Waals surface area contributed by atoms with E-state index < -0.39 is 30.0 Å². The molecule has 2 aromatic rings. The van der Waals surface area contributed by atoms with E-state index in [0.717, 1.165) is 11.1 Å². The minimum atomic E-state index is -1.01. The maximum Gasteiger partial charge on any atom is 0.323 e. The minimum absolute atomic E-state index is 0.320. The molecule has 1 N–H and O–H groups in total. The van der Waals surface area contributed by atoms with E-state index in [9.17, 15) is 14.9 Å². The molecule has 6 nitrogen and oxygen atoms in total. The molecule has 0 saturated carbocycles. The van der Waals surface area contributed by atoms with Crippen LogP contribution >= 0.6 is 11.6 Å². The zero-order chi connectivity index (χ0) is 18.8. The van der Waals surface area contributed by atoms with Gasteiger partial charge < -0.3 is 4.74 Å². The first kappa shape index (κ1) is 18.4. The highest BCUT2D eigenvalue weighted by Gasteiger charge is 2.54. The van der Waals surface area contributed by atoms with Gasteiger partial charge in [0.05, 0.1) is 13.0 Å². The Bertz CT molecular complexity index is 807. The molecule has 1 aliphatic heterocycles. The molecule has 1 saturated heterocycles. The number of nitrogens with one attached hydrogen (secondary N) is 1. The molecule has 0 unspecified atom stereocenters. The quantitative estimate of drug-likeness (QED) is 0.504. The number of nitro groups is 1. The van der Waals surface area contributed by atoms with E-state index in [1.807, 2.05) is 31.2 Å². The SMILES string of the molecule is COC(=O)[C@@H]1N[C@H](c2ccc(Cl)cc2)[C@H]([N+](=O)[O-])[C@H]1c1ccc(C)cc1. The molecule has 0 spiro atoms. The van der Waals surface area contributed by atoms with Crippen molar-refractivity contribution in [2.45, 2.75) is 31.0 Å². The summed E-state index contributed by atoms with van der Waals surface area (Å²) >= 11 is 5.93. The van der Waals surface area contributed by atoms with Gasteiger partial charge in [-0.2, -0.15) is 0 Å². The molecule has 0 amide bonds. The number of halogens is 1. The van der Waals surface area contributed by atoms with Gasteiger partial charge in [0.15, 0.2) is 0 Å². The van der Waals surface area contributed by atoms with Gasteiger partial charge in [-0.3, -0.25) is 20.2 Å². The van der Waals surface area contributed by atoms with Crippen molar-refractivity contribution in [3.8, 4) is 0 Å². The number of hydrogen-bond acceptors (Lipinski definition) is 5. The van der Waals surface area contributed by atoms with Crippen molar-refractivity contribution in [3.05, 3.63) is 80.4 Å². The molecule has 1 fully saturated rings. The smallest absolute Gasteiger partial charge is 0.323 e. The Morgan fingerprint density at radius 3 is 2.23 bits per heavy atom. The van der Waals surface area contributed by atoms with Crippen LogP contribution in [0.4, 0.5) is 0 Å². The topological polar surface area (TPSA) is 81.5 Å². The van der Waals surface area contributed by atoms with Gasteiger partial charge in [-0.15, -0.1) is 0 Å². The summed E-state index contributed by atoms with van der Waals surface area (Å²) in [5.41, 5.74) is 2.48. The largest absolute Gasteiger partial charge is 0.468 e. The van der Waals surface area contributed by atoms with Crippen LogP contribution in [0.25, 0.3) is 0 Å². The zero-order valence-corrected chi connectivity index (χ0v) is 15.1. The third-order valence-electron chi connectivity index (χ3n) is 4.82. The first-order chi connectivity index (χ1) is 12.4. The third kappa shape index (κ3) is 3.43. The lowest BCUT2D eigenvalue weighted by molar-refractivity contribution is -0.527. The highest BCUT2D eigenvalue weighted by Crippen LogP contribution is 2.40. The second-order valence-electron chi connectivity index (χ2n) is 6.41. The van der Waals surface area contributed by atoms with Crippen molar-refractivity contribution in [1.29, 1.82) is 0 Å². The van der Waals surface area contributed by atoms with Crippen LogP contribution in [0.1, 0.15) is 28.7 Å². The van der Waals surface area contributed by atoms with E-state index in [2.05, 4.69) is 5.32 Å². The molecule has 2 aromatic carbocycles. The number of hydrogen-bond donors (Lipinski definition) is 1. The van der Waals surface area contributed by atoms with Crippen LogP contribution in [-0.4, -0.2) is 30.1 Å². The molecule has 7 heteroatoms. The molecule has 0 bridgehead atoms. The lowest BCUT2D eigenvalue weighted by Gasteiger charge is -2.19. The van der Waals surface area contributed by atoms with E-state index in [0.29, 0.717) is 10.6 Å². The summed E-state index contributed by atoms with van der Waals surface area (Å²) in [6.07, 6.45) is 0. The monoisotopic (exact) mass is 374 g/mol. The standard InChI is InChI=1S/C19H19ClN2O4/c1-11-3-5-12(6-4-11)15-17(19(23)26-2)21-16(18(15)22(24)25)13-7-9-14(20)10-8-13/h3-10,15-18,21H,1-2H3/t15-,16+,17+,18+/m0/s1. The normalized spacial score (nSPS) is 25.0. The Labute approximate surface area is 156 Å². The number of esters is 1. The minimum Gasteiger partial charge on any atom is -0.468 e. The Morgan fingerprint density at radius 2 is 1.69 bits per heavy atom. The number of methoxy groups -OCH3 is 1. The summed E-state index contributed by atoms with van der Waals surface area (Å²) in [4.78, 5) is 24.0. The molecule has 26 heavy (non-hydrogen) atoms. The Balaban J connectivity index is 2.07. The summed E-state index contributed by atoms with van der Waals surface area (Å²) in [5.74, 6) is -1.15. The van der Waals surface area contributed by atoms with Crippen molar-refractivity contribution in [3.63, 3.8) is 0 Å². The number of nitrogens with zero attached hydrogens (tertiary/aromatic N) is 1. The van der Waals surface area contributed by atoms with Crippen LogP contribution in [0, 0.1) is 17.0 Å². The first-order valence-corrected chi connectivity index (χ1v) is 8.59. The second-order valence-corrected chi connectivity index (χ2v) is 6.85. The third-order valence-corrected chi connectivity index (χ3v) is 5.07. The van der Waals surface area contributed by atoms with E-state index in [-0.39, 0.29) is 4.92 Å². The number of carbonyl (C=O) groups is 1. The highest BCUT2D eigenvalue weighted by molar-refractivity contribution is 6.30. The molecule has 4 atom stereocenters. The summed E-state index contributed by atoms with van der Waals surface area (Å²) in [7, 11) is 1.28. The number of rotatable bonds is 4. The van der Waals surface area contributed by atoms with Crippen LogP contribution in [0.3, 0.4) is 0 Å². The van der Waals surface area contributed by atoms with Gasteiger partial charge in [0.2, 0.25) is 6.04 Å². The van der Waals surface area contributed by atoms with Gasteiger partial charge in [0.1, 0.15) is 12.1 Å². The molecule has 1 aliphatic rings. The molecular formula is C19H19ClN2O4. The fourth-order valence-corrected chi connectivity index (χ4v) is 3.66. The van der Waals surface area contributed by atoms with Crippen LogP contribution in [0.15, 0.2) is 48.5 Å². The average Bonchev–Trinajstić information content (AvgIpc) is 3.03. The predicted octanol–water partition coefficient (Wildman–Crippen LogP) is 3.26. The molecule has 0 aliphatic carbocycles.